The van der Waals surface area contributed by atoms with E-state index in [9.17, 15) is 4.79 Å². The number of rotatable bonds is 2. The third-order valence-corrected chi connectivity index (χ3v) is 2.70. The van der Waals surface area contributed by atoms with Gasteiger partial charge >= 0.3 is 5.97 Å². The lowest BCUT2D eigenvalue weighted by Crippen LogP contribution is -2.27. The molecule has 0 heterocycles. The highest BCUT2D eigenvalue weighted by molar-refractivity contribution is 5.72. The summed E-state index contributed by atoms with van der Waals surface area (Å²) in [5.74, 6) is 0.723. The monoisotopic (exact) mass is 170 g/mol. The van der Waals surface area contributed by atoms with Crippen LogP contribution in [0.25, 0.3) is 0 Å². The van der Waals surface area contributed by atoms with Crippen molar-refractivity contribution in [1.82, 2.24) is 0 Å². The zero-order valence-electron chi connectivity index (χ0n) is 8.01. The van der Waals surface area contributed by atoms with Crippen LogP contribution in [0.5, 0.6) is 0 Å². The van der Waals surface area contributed by atoms with Crippen LogP contribution in [0.1, 0.15) is 39.5 Å². The lowest BCUT2D eigenvalue weighted by atomic mass is 9.80. The van der Waals surface area contributed by atoms with Crippen molar-refractivity contribution in [2.24, 2.45) is 11.8 Å². The lowest BCUT2D eigenvalue weighted by molar-refractivity contribution is -0.150. The van der Waals surface area contributed by atoms with Crippen molar-refractivity contribution < 1.29 is 9.53 Å². The molecule has 0 amide bonds. The summed E-state index contributed by atoms with van der Waals surface area (Å²) in [5, 5.41) is 0. The Bertz CT molecular complexity index is 154. The zero-order chi connectivity index (χ0) is 8.97. The fraction of sp³-hybridized carbons (Fsp3) is 0.900. The van der Waals surface area contributed by atoms with Crippen LogP contribution in [-0.4, -0.2) is 12.6 Å². The number of carbonyl (C=O) groups excluding carboxylic acids is 1. The maximum Gasteiger partial charge on any atom is 0.309 e. The van der Waals surface area contributed by atoms with Crippen LogP contribution in [-0.2, 0) is 9.53 Å². The minimum atomic E-state index is 0.0182. The molecule has 1 rings (SSSR count). The molecular formula is C10H18O2. The van der Waals surface area contributed by atoms with Gasteiger partial charge in [-0.3, -0.25) is 4.79 Å². The molecule has 0 spiro atoms. The smallest absolute Gasteiger partial charge is 0.309 e. The van der Waals surface area contributed by atoms with Crippen molar-refractivity contribution in [3.8, 4) is 0 Å². The molecule has 0 aromatic rings. The summed E-state index contributed by atoms with van der Waals surface area (Å²) in [6, 6.07) is 0. The van der Waals surface area contributed by atoms with Gasteiger partial charge in [0.25, 0.3) is 0 Å². The van der Waals surface area contributed by atoms with E-state index in [1.807, 2.05) is 6.92 Å². The summed E-state index contributed by atoms with van der Waals surface area (Å²) < 4.78 is 5.01. The minimum absolute atomic E-state index is 0.0182. The molecular weight excluding hydrogens is 152 g/mol. The first-order valence-corrected chi connectivity index (χ1v) is 4.92. The van der Waals surface area contributed by atoms with E-state index < -0.39 is 0 Å². The third kappa shape index (κ3) is 2.23. The van der Waals surface area contributed by atoms with E-state index in [1.165, 1.54) is 19.3 Å². The maximum absolute atomic E-state index is 11.4. The molecule has 2 atom stereocenters. The molecule has 70 valence electrons. The molecule has 0 aromatic carbocycles. The van der Waals surface area contributed by atoms with Crippen molar-refractivity contribution in [2.75, 3.05) is 6.61 Å². The van der Waals surface area contributed by atoms with Gasteiger partial charge in [-0.2, -0.15) is 0 Å². The molecule has 12 heavy (non-hydrogen) atoms. The van der Waals surface area contributed by atoms with Crippen LogP contribution in [0.2, 0.25) is 0 Å². The Balaban J connectivity index is 2.42. The van der Waals surface area contributed by atoms with Crippen LogP contribution < -0.4 is 0 Å². The van der Waals surface area contributed by atoms with Crippen molar-refractivity contribution >= 4 is 5.97 Å². The summed E-state index contributed by atoms with van der Waals surface area (Å²) in [4.78, 5) is 11.4. The summed E-state index contributed by atoms with van der Waals surface area (Å²) in [7, 11) is 0. The number of esters is 1. The van der Waals surface area contributed by atoms with E-state index >= 15 is 0 Å². The Morgan fingerprint density at radius 2 is 2.08 bits per heavy atom. The molecule has 1 fully saturated rings. The molecule has 0 aliphatic heterocycles. The Morgan fingerprint density at radius 1 is 1.42 bits per heavy atom. The van der Waals surface area contributed by atoms with Gasteiger partial charge in [0.05, 0.1) is 12.5 Å². The van der Waals surface area contributed by atoms with E-state index in [0.29, 0.717) is 12.5 Å². The largest absolute Gasteiger partial charge is 0.466 e. The standard InChI is InChI=1S/C10H18O2/c1-3-12-10(11)9-7-5-4-6-8(9)2/h8-9H,3-7H2,1-2H3/t8-,9+/m1/s1. The summed E-state index contributed by atoms with van der Waals surface area (Å²) in [5.41, 5.74) is 0. The van der Waals surface area contributed by atoms with E-state index in [2.05, 4.69) is 6.92 Å². The number of hydrogen-bond donors (Lipinski definition) is 0. The topological polar surface area (TPSA) is 26.3 Å². The lowest BCUT2D eigenvalue weighted by Gasteiger charge is -2.26. The van der Waals surface area contributed by atoms with Gasteiger partial charge in [-0.25, -0.2) is 0 Å². The summed E-state index contributed by atoms with van der Waals surface area (Å²) >= 11 is 0. The highest BCUT2D eigenvalue weighted by Gasteiger charge is 2.28. The molecule has 0 radical (unpaired) electrons. The minimum Gasteiger partial charge on any atom is -0.466 e. The van der Waals surface area contributed by atoms with Crippen LogP contribution in [0.4, 0.5) is 0 Å². The molecule has 2 heteroatoms. The molecule has 1 aliphatic rings. The van der Waals surface area contributed by atoms with Crippen molar-refractivity contribution in [1.29, 1.82) is 0 Å². The predicted octanol–water partition coefficient (Wildman–Crippen LogP) is 2.38. The van der Waals surface area contributed by atoms with Crippen molar-refractivity contribution in [3.05, 3.63) is 0 Å². The number of ether oxygens (including phenoxy) is 1. The van der Waals surface area contributed by atoms with Gasteiger partial charge in [-0.05, 0) is 25.7 Å². The second kappa shape index (κ2) is 4.48. The van der Waals surface area contributed by atoms with E-state index in [0.717, 1.165) is 6.42 Å². The van der Waals surface area contributed by atoms with E-state index in [4.69, 9.17) is 4.74 Å². The average molecular weight is 170 g/mol. The first-order valence-electron chi connectivity index (χ1n) is 4.92. The molecule has 1 aliphatic carbocycles. The normalized spacial score (nSPS) is 29.8. The summed E-state index contributed by atoms with van der Waals surface area (Å²) in [6.45, 7) is 4.54. The molecule has 0 aromatic heterocycles. The first-order chi connectivity index (χ1) is 5.75. The molecule has 1 saturated carbocycles. The first kappa shape index (κ1) is 9.56. The second-order valence-corrected chi connectivity index (χ2v) is 3.62. The van der Waals surface area contributed by atoms with Gasteiger partial charge < -0.3 is 4.74 Å². The van der Waals surface area contributed by atoms with Gasteiger partial charge in [0, 0.05) is 0 Å². The Hall–Kier alpha value is -0.530. The predicted molar refractivity (Wildman–Crippen MR) is 47.8 cm³/mol. The molecule has 0 unspecified atom stereocenters. The molecule has 0 N–H and O–H groups in total. The van der Waals surface area contributed by atoms with Crippen molar-refractivity contribution in [2.45, 2.75) is 39.5 Å². The van der Waals surface area contributed by atoms with Crippen LogP contribution in [0.15, 0.2) is 0 Å². The van der Waals surface area contributed by atoms with Crippen LogP contribution >= 0.6 is 0 Å². The number of hydrogen-bond acceptors (Lipinski definition) is 2. The maximum atomic E-state index is 11.4. The quantitative estimate of drug-likeness (QED) is 0.595. The molecule has 0 saturated heterocycles. The van der Waals surface area contributed by atoms with Crippen LogP contribution in [0.3, 0.4) is 0 Å². The van der Waals surface area contributed by atoms with Gasteiger partial charge in [-0.15, -0.1) is 0 Å². The zero-order valence-corrected chi connectivity index (χ0v) is 8.01. The third-order valence-electron chi connectivity index (χ3n) is 2.70. The van der Waals surface area contributed by atoms with Gasteiger partial charge in [0.15, 0.2) is 0 Å². The van der Waals surface area contributed by atoms with Gasteiger partial charge in [-0.1, -0.05) is 19.8 Å². The fourth-order valence-corrected chi connectivity index (χ4v) is 1.92. The SMILES string of the molecule is CCOC(=O)[C@H]1CCCC[C@H]1C. The number of carbonyl (C=O) groups is 1. The van der Waals surface area contributed by atoms with Gasteiger partial charge in [0.2, 0.25) is 0 Å². The second-order valence-electron chi connectivity index (χ2n) is 3.62. The van der Waals surface area contributed by atoms with Crippen molar-refractivity contribution in [3.63, 3.8) is 0 Å². The van der Waals surface area contributed by atoms with Crippen LogP contribution in [0, 0.1) is 11.8 Å². The Morgan fingerprint density at radius 3 is 2.67 bits per heavy atom. The Kier molecular flexibility index (Phi) is 3.57. The molecule has 2 nitrogen and oxygen atoms in total. The average Bonchev–Trinajstić information content (AvgIpc) is 2.05. The fourth-order valence-electron chi connectivity index (χ4n) is 1.92. The molecule has 0 bridgehead atoms. The Labute approximate surface area is 74.3 Å². The van der Waals surface area contributed by atoms with E-state index in [1.54, 1.807) is 0 Å². The summed E-state index contributed by atoms with van der Waals surface area (Å²) in [6.07, 6.45) is 4.67. The highest BCUT2D eigenvalue weighted by atomic mass is 16.5. The highest BCUT2D eigenvalue weighted by Crippen LogP contribution is 2.30. The van der Waals surface area contributed by atoms with E-state index in [-0.39, 0.29) is 11.9 Å². The van der Waals surface area contributed by atoms with Gasteiger partial charge in [0.1, 0.15) is 0 Å².